The second-order valence-electron chi connectivity index (χ2n) is 4.89. The molecule has 4 heteroatoms. The van der Waals surface area contributed by atoms with Gasteiger partial charge in [0.05, 0.1) is 12.7 Å². The molecule has 19 heavy (non-hydrogen) atoms. The molecule has 0 aromatic heterocycles. The highest BCUT2D eigenvalue weighted by Gasteiger charge is 2.22. The van der Waals surface area contributed by atoms with Crippen LogP contribution in [0.25, 0.3) is 0 Å². The molecule has 1 fully saturated rings. The maximum absolute atomic E-state index is 11.8. The van der Waals surface area contributed by atoms with E-state index < -0.39 is 0 Å². The van der Waals surface area contributed by atoms with Crippen molar-refractivity contribution in [2.45, 2.75) is 25.9 Å². The van der Waals surface area contributed by atoms with Gasteiger partial charge < -0.3 is 10.1 Å². The molecular formula is C15H22N2O2. The molecule has 1 saturated heterocycles. The van der Waals surface area contributed by atoms with Crippen molar-refractivity contribution in [1.82, 2.24) is 10.2 Å². The van der Waals surface area contributed by atoms with E-state index in [4.69, 9.17) is 4.74 Å². The Labute approximate surface area is 114 Å². The molecule has 0 aliphatic carbocycles. The molecular weight excluding hydrogens is 240 g/mol. The van der Waals surface area contributed by atoms with Gasteiger partial charge in [-0.3, -0.25) is 4.90 Å². The molecule has 1 aliphatic heterocycles. The largest absolute Gasteiger partial charge is 0.465 e. The number of hydrogen-bond donors (Lipinski definition) is 1. The Morgan fingerprint density at radius 1 is 1.47 bits per heavy atom. The van der Waals surface area contributed by atoms with Crippen LogP contribution in [0, 0.1) is 0 Å². The van der Waals surface area contributed by atoms with Gasteiger partial charge in [0.15, 0.2) is 0 Å². The van der Waals surface area contributed by atoms with Crippen molar-refractivity contribution in [1.29, 1.82) is 0 Å². The molecule has 2 rings (SSSR count). The van der Waals surface area contributed by atoms with Crippen molar-refractivity contribution in [2.75, 3.05) is 26.7 Å². The molecule has 1 aromatic carbocycles. The number of ether oxygens (including phenoxy) is 1. The zero-order chi connectivity index (χ0) is 13.7. The van der Waals surface area contributed by atoms with Crippen LogP contribution in [0.4, 0.5) is 0 Å². The summed E-state index contributed by atoms with van der Waals surface area (Å²) in [5.74, 6) is -0.251. The Balaban J connectivity index is 2.15. The Morgan fingerprint density at radius 3 is 3.00 bits per heavy atom. The molecule has 0 amide bonds. The van der Waals surface area contributed by atoms with Gasteiger partial charge in [0.1, 0.15) is 0 Å². The number of carbonyl (C=O) groups excluding carboxylic acids is 1. The lowest BCUT2D eigenvalue weighted by Gasteiger charge is -2.36. The maximum Gasteiger partial charge on any atom is 0.338 e. The summed E-state index contributed by atoms with van der Waals surface area (Å²) in [7, 11) is 1.43. The SMILES string of the molecule is CCC1CNCCN1Cc1ccccc1C(=O)OC. The van der Waals surface area contributed by atoms with Crippen molar-refractivity contribution in [3.8, 4) is 0 Å². The van der Waals surface area contributed by atoms with Gasteiger partial charge in [0, 0.05) is 32.2 Å². The fourth-order valence-electron chi connectivity index (χ4n) is 2.60. The molecule has 1 aromatic rings. The summed E-state index contributed by atoms with van der Waals surface area (Å²) in [6.07, 6.45) is 1.12. The van der Waals surface area contributed by atoms with E-state index in [1.54, 1.807) is 0 Å². The standard InChI is InChI=1S/C15H22N2O2/c1-3-13-10-16-8-9-17(13)11-12-6-4-5-7-14(12)15(18)19-2/h4-7,13,16H,3,8-11H2,1-2H3. The van der Waals surface area contributed by atoms with Gasteiger partial charge in [-0.25, -0.2) is 4.79 Å². The van der Waals surface area contributed by atoms with Crippen LogP contribution in [0.5, 0.6) is 0 Å². The van der Waals surface area contributed by atoms with Crippen LogP contribution in [0.15, 0.2) is 24.3 Å². The van der Waals surface area contributed by atoms with E-state index in [1.807, 2.05) is 24.3 Å². The quantitative estimate of drug-likeness (QED) is 0.838. The first-order valence-corrected chi connectivity index (χ1v) is 6.87. The predicted molar refractivity (Wildman–Crippen MR) is 75.1 cm³/mol. The van der Waals surface area contributed by atoms with Gasteiger partial charge in [0.25, 0.3) is 0 Å². The van der Waals surface area contributed by atoms with Crippen molar-refractivity contribution in [2.24, 2.45) is 0 Å². The fourth-order valence-corrected chi connectivity index (χ4v) is 2.60. The smallest absolute Gasteiger partial charge is 0.338 e. The third-order valence-electron chi connectivity index (χ3n) is 3.74. The summed E-state index contributed by atoms with van der Waals surface area (Å²) < 4.78 is 4.85. The van der Waals surface area contributed by atoms with E-state index in [0.717, 1.165) is 38.2 Å². The fraction of sp³-hybridized carbons (Fsp3) is 0.533. The van der Waals surface area contributed by atoms with Crippen LogP contribution in [-0.2, 0) is 11.3 Å². The molecule has 0 spiro atoms. The highest BCUT2D eigenvalue weighted by molar-refractivity contribution is 5.90. The molecule has 1 unspecified atom stereocenters. The van der Waals surface area contributed by atoms with Gasteiger partial charge in [-0.2, -0.15) is 0 Å². The lowest BCUT2D eigenvalue weighted by Crippen LogP contribution is -2.50. The van der Waals surface area contributed by atoms with E-state index in [9.17, 15) is 4.79 Å². The van der Waals surface area contributed by atoms with Crippen LogP contribution in [-0.4, -0.2) is 43.7 Å². The number of nitrogens with zero attached hydrogens (tertiary/aromatic N) is 1. The van der Waals surface area contributed by atoms with Crippen LogP contribution >= 0.6 is 0 Å². The lowest BCUT2D eigenvalue weighted by molar-refractivity contribution is 0.0596. The monoisotopic (exact) mass is 262 g/mol. The van der Waals surface area contributed by atoms with Crippen LogP contribution in [0.3, 0.4) is 0 Å². The number of benzene rings is 1. The summed E-state index contributed by atoms with van der Waals surface area (Å²) in [6, 6.07) is 8.25. The minimum absolute atomic E-state index is 0.251. The van der Waals surface area contributed by atoms with Gasteiger partial charge in [-0.05, 0) is 18.1 Å². The number of piperazine rings is 1. The van der Waals surface area contributed by atoms with Gasteiger partial charge >= 0.3 is 5.97 Å². The Kier molecular flexibility index (Phi) is 4.93. The molecule has 1 aliphatic rings. The Hall–Kier alpha value is -1.39. The summed E-state index contributed by atoms with van der Waals surface area (Å²) >= 11 is 0. The van der Waals surface area contributed by atoms with Crippen LogP contribution in [0.1, 0.15) is 29.3 Å². The lowest BCUT2D eigenvalue weighted by atomic mass is 10.0. The Morgan fingerprint density at radius 2 is 2.26 bits per heavy atom. The normalized spacial score (nSPS) is 20.2. The second kappa shape index (κ2) is 6.68. The van der Waals surface area contributed by atoms with E-state index in [2.05, 4.69) is 17.1 Å². The number of nitrogens with one attached hydrogen (secondary N) is 1. The molecule has 0 saturated carbocycles. The van der Waals surface area contributed by atoms with Gasteiger partial charge in [0.2, 0.25) is 0 Å². The number of hydrogen-bond acceptors (Lipinski definition) is 4. The first-order valence-electron chi connectivity index (χ1n) is 6.87. The molecule has 0 bridgehead atoms. The van der Waals surface area contributed by atoms with Crippen molar-refractivity contribution in [3.63, 3.8) is 0 Å². The first-order chi connectivity index (χ1) is 9.26. The maximum atomic E-state index is 11.8. The molecule has 104 valence electrons. The number of methoxy groups -OCH3 is 1. The van der Waals surface area contributed by atoms with Gasteiger partial charge in [-0.1, -0.05) is 25.1 Å². The zero-order valence-corrected chi connectivity index (χ0v) is 11.7. The number of esters is 1. The third-order valence-corrected chi connectivity index (χ3v) is 3.74. The topological polar surface area (TPSA) is 41.6 Å². The summed E-state index contributed by atoms with van der Waals surface area (Å²) in [5.41, 5.74) is 1.73. The molecule has 0 radical (unpaired) electrons. The van der Waals surface area contributed by atoms with Crippen LogP contribution in [0.2, 0.25) is 0 Å². The van der Waals surface area contributed by atoms with E-state index >= 15 is 0 Å². The first kappa shape index (κ1) is 14.0. The Bertz CT molecular complexity index is 434. The summed E-state index contributed by atoms with van der Waals surface area (Å²) in [5, 5.41) is 3.42. The van der Waals surface area contributed by atoms with Crippen LogP contribution < -0.4 is 5.32 Å². The number of carbonyl (C=O) groups is 1. The second-order valence-corrected chi connectivity index (χ2v) is 4.89. The van der Waals surface area contributed by atoms with E-state index in [0.29, 0.717) is 11.6 Å². The average Bonchev–Trinajstić information content (AvgIpc) is 2.47. The predicted octanol–water partition coefficient (Wildman–Crippen LogP) is 1.66. The summed E-state index contributed by atoms with van der Waals surface area (Å²) in [4.78, 5) is 14.2. The number of rotatable bonds is 4. The van der Waals surface area contributed by atoms with Crippen molar-refractivity contribution < 1.29 is 9.53 Å². The minimum Gasteiger partial charge on any atom is -0.465 e. The van der Waals surface area contributed by atoms with Crippen molar-refractivity contribution >= 4 is 5.97 Å². The van der Waals surface area contributed by atoms with Gasteiger partial charge in [-0.15, -0.1) is 0 Å². The van der Waals surface area contributed by atoms with E-state index in [-0.39, 0.29) is 5.97 Å². The average molecular weight is 262 g/mol. The van der Waals surface area contributed by atoms with E-state index in [1.165, 1.54) is 7.11 Å². The molecule has 1 atom stereocenters. The third kappa shape index (κ3) is 3.33. The van der Waals surface area contributed by atoms with Crippen molar-refractivity contribution in [3.05, 3.63) is 35.4 Å². The molecule has 1 N–H and O–H groups in total. The highest BCUT2D eigenvalue weighted by atomic mass is 16.5. The molecule has 4 nitrogen and oxygen atoms in total. The summed E-state index contributed by atoms with van der Waals surface area (Å²) in [6.45, 7) is 6.07. The molecule has 1 heterocycles. The highest BCUT2D eigenvalue weighted by Crippen LogP contribution is 2.16. The minimum atomic E-state index is -0.251. The zero-order valence-electron chi connectivity index (χ0n) is 11.7.